The molecule has 11 nitrogen and oxygen atoms in total. The van der Waals surface area contributed by atoms with Crippen molar-refractivity contribution in [3.63, 3.8) is 0 Å². The minimum absolute atomic E-state index is 0.170. The molecule has 78 heavy (non-hydrogen) atoms. The average molecular weight is 1130 g/mol. The van der Waals surface area contributed by atoms with Crippen molar-refractivity contribution in [3.8, 4) is 0 Å². The van der Waals surface area contributed by atoms with Crippen molar-refractivity contribution in [2.45, 2.75) is 367 Å². The number of esters is 3. The molecule has 2 N–H and O–H groups in total. The first-order valence-electron chi connectivity index (χ1n) is 33.6. The Morgan fingerprint density at radius 2 is 0.590 bits per heavy atom. The third-order valence-electron chi connectivity index (χ3n) is 15.2. The van der Waals surface area contributed by atoms with Crippen molar-refractivity contribution < 1.29 is 52.2 Å². The topological polar surface area (TPSA) is 155 Å². The number of phosphoric acid groups is 1. The molecule has 0 aromatic carbocycles. The van der Waals surface area contributed by atoms with E-state index < -0.39 is 57.8 Å². The van der Waals surface area contributed by atoms with E-state index in [1.807, 2.05) is 0 Å². The number of ether oxygens (including phenoxy) is 3. The predicted octanol–water partition coefficient (Wildman–Crippen LogP) is 20.4. The van der Waals surface area contributed by atoms with Crippen molar-refractivity contribution in [3.05, 3.63) is 12.2 Å². The molecule has 3 atom stereocenters. The van der Waals surface area contributed by atoms with Crippen LogP contribution in [0.4, 0.5) is 0 Å². The Balaban J connectivity index is 4.62. The largest absolute Gasteiger partial charge is 0.472 e. The van der Waals surface area contributed by atoms with Crippen LogP contribution in [0.15, 0.2) is 12.2 Å². The molecule has 0 aromatic heterocycles. The number of hydrogen-bond acceptors (Lipinski definition) is 10. The lowest BCUT2D eigenvalue weighted by Crippen LogP contribution is -2.30. The molecule has 0 saturated heterocycles. The second kappa shape index (κ2) is 61.3. The fourth-order valence-electron chi connectivity index (χ4n) is 10.1. The van der Waals surface area contributed by atoms with Gasteiger partial charge in [-0.1, -0.05) is 303 Å². The van der Waals surface area contributed by atoms with Crippen molar-refractivity contribution in [1.29, 1.82) is 0 Å². The van der Waals surface area contributed by atoms with E-state index >= 15 is 0 Å². The summed E-state index contributed by atoms with van der Waals surface area (Å²) >= 11 is 0. The Labute approximate surface area is 481 Å². The molecular formula is C66H127O11P. The highest BCUT2D eigenvalue weighted by molar-refractivity contribution is 7.47. The zero-order chi connectivity index (χ0) is 56.9. The van der Waals surface area contributed by atoms with E-state index in [1.54, 1.807) is 0 Å². The number of carbonyl (C=O) groups excluding carboxylic acids is 3. The third-order valence-corrected chi connectivity index (χ3v) is 16.1. The van der Waals surface area contributed by atoms with Gasteiger partial charge < -0.3 is 24.2 Å². The molecule has 0 radical (unpaired) electrons. The fraction of sp³-hybridized carbons (Fsp3) is 0.924. The van der Waals surface area contributed by atoms with Gasteiger partial charge in [-0.3, -0.25) is 23.4 Å². The number of hydrogen-bond donors (Lipinski definition) is 2. The molecular weight excluding hydrogens is 1000 g/mol. The highest BCUT2D eigenvalue weighted by Crippen LogP contribution is 2.43. The van der Waals surface area contributed by atoms with Crippen LogP contribution in [0.5, 0.6) is 0 Å². The molecule has 0 amide bonds. The summed E-state index contributed by atoms with van der Waals surface area (Å²) in [6, 6.07) is 0. The lowest BCUT2D eigenvalue weighted by Gasteiger charge is -2.21. The van der Waals surface area contributed by atoms with Crippen LogP contribution in [-0.4, -0.2) is 66.5 Å². The first-order valence-corrected chi connectivity index (χ1v) is 35.1. The van der Waals surface area contributed by atoms with Crippen LogP contribution in [0, 0.1) is 0 Å². The smallest absolute Gasteiger partial charge is 0.462 e. The number of phosphoric ester groups is 1. The normalized spacial score (nSPS) is 13.2. The fourth-order valence-corrected chi connectivity index (χ4v) is 10.8. The maximum Gasteiger partial charge on any atom is 0.472 e. The molecule has 0 aliphatic heterocycles. The van der Waals surface area contributed by atoms with E-state index in [1.165, 1.54) is 231 Å². The SMILES string of the molecule is CCCCCCCC/C=C\CCCCCCCCCC(=O)OC(COC(=O)CCCCCCCCCCCCCCCCCCC)COP(=O)(O)OCC(CO)OC(=O)CCCCCCCCCCCCCCCCCCC. The van der Waals surface area contributed by atoms with Crippen molar-refractivity contribution >= 4 is 25.7 Å². The van der Waals surface area contributed by atoms with E-state index in [0.29, 0.717) is 19.3 Å². The molecule has 12 heteroatoms. The summed E-state index contributed by atoms with van der Waals surface area (Å²) in [6.07, 6.45) is 63.0. The van der Waals surface area contributed by atoms with Crippen molar-refractivity contribution in [2.24, 2.45) is 0 Å². The van der Waals surface area contributed by atoms with Crippen LogP contribution in [0.1, 0.15) is 355 Å². The summed E-state index contributed by atoms with van der Waals surface area (Å²) in [5, 5.41) is 9.86. The molecule has 0 aliphatic rings. The van der Waals surface area contributed by atoms with E-state index in [2.05, 4.69) is 32.9 Å². The lowest BCUT2D eigenvalue weighted by atomic mass is 10.0. The molecule has 0 aliphatic carbocycles. The summed E-state index contributed by atoms with van der Waals surface area (Å²) in [6.45, 7) is 4.74. The minimum atomic E-state index is -4.75. The summed E-state index contributed by atoms with van der Waals surface area (Å²) in [4.78, 5) is 48.8. The van der Waals surface area contributed by atoms with Gasteiger partial charge in [0.2, 0.25) is 0 Å². The quantitative estimate of drug-likeness (QED) is 0.0197. The zero-order valence-corrected chi connectivity index (χ0v) is 52.3. The predicted molar refractivity (Wildman–Crippen MR) is 326 cm³/mol. The zero-order valence-electron chi connectivity index (χ0n) is 51.4. The first-order chi connectivity index (χ1) is 38.2. The Morgan fingerprint density at radius 3 is 0.885 bits per heavy atom. The van der Waals surface area contributed by atoms with Gasteiger partial charge in [0, 0.05) is 19.3 Å². The Kier molecular flexibility index (Phi) is 59.9. The number of aliphatic hydroxyl groups is 1. The van der Waals surface area contributed by atoms with Gasteiger partial charge in [0.25, 0.3) is 0 Å². The molecule has 0 spiro atoms. The molecule has 3 unspecified atom stereocenters. The van der Waals surface area contributed by atoms with E-state index in [0.717, 1.165) is 64.2 Å². The summed E-state index contributed by atoms with van der Waals surface area (Å²) < 4.78 is 39.8. The van der Waals surface area contributed by atoms with Gasteiger partial charge in [0.1, 0.15) is 12.7 Å². The van der Waals surface area contributed by atoms with Gasteiger partial charge in [-0.2, -0.15) is 0 Å². The molecule has 0 bridgehead atoms. The number of aliphatic hydroxyl groups excluding tert-OH is 1. The van der Waals surface area contributed by atoms with Gasteiger partial charge in [-0.25, -0.2) is 4.57 Å². The van der Waals surface area contributed by atoms with Gasteiger partial charge in [-0.05, 0) is 44.9 Å². The molecule has 0 saturated carbocycles. The molecule has 0 fully saturated rings. The van der Waals surface area contributed by atoms with E-state index in [-0.39, 0.29) is 25.9 Å². The highest BCUT2D eigenvalue weighted by atomic mass is 31.2. The van der Waals surface area contributed by atoms with Crippen LogP contribution in [-0.2, 0) is 42.2 Å². The number of unbranched alkanes of at least 4 members (excludes halogenated alkanes) is 45. The monoisotopic (exact) mass is 1130 g/mol. The minimum Gasteiger partial charge on any atom is -0.462 e. The van der Waals surface area contributed by atoms with E-state index in [9.17, 15) is 28.9 Å². The summed E-state index contributed by atoms with van der Waals surface area (Å²) in [7, 11) is -4.75. The molecule has 462 valence electrons. The molecule has 0 rings (SSSR count). The van der Waals surface area contributed by atoms with Crippen molar-refractivity contribution in [1.82, 2.24) is 0 Å². The third kappa shape index (κ3) is 58.9. The van der Waals surface area contributed by atoms with Crippen LogP contribution < -0.4 is 0 Å². The van der Waals surface area contributed by atoms with Gasteiger partial charge in [0.05, 0.1) is 19.8 Å². The van der Waals surface area contributed by atoms with Crippen molar-refractivity contribution in [2.75, 3.05) is 26.4 Å². The van der Waals surface area contributed by atoms with Crippen LogP contribution >= 0.6 is 7.82 Å². The highest BCUT2D eigenvalue weighted by Gasteiger charge is 2.28. The molecule has 0 heterocycles. The van der Waals surface area contributed by atoms with Crippen LogP contribution in [0.2, 0.25) is 0 Å². The first kappa shape index (κ1) is 76.2. The van der Waals surface area contributed by atoms with E-state index in [4.69, 9.17) is 23.3 Å². The maximum atomic E-state index is 13.0. The standard InChI is InChI=1S/C66H127O11P/c1-4-7-10-13-16-19-22-25-28-31-34-37-40-43-46-49-52-55-64(68)73-59-63(77-66(70)57-54-51-48-45-42-39-36-33-30-27-24-21-18-15-12-9-6-3)61-75-78(71,72)74-60-62(58-67)76-65(69)56-53-50-47-44-41-38-35-32-29-26-23-20-17-14-11-8-5-2/h27,30,62-63,67H,4-26,28-29,31-61H2,1-3H3,(H,71,72)/b30-27-. The van der Waals surface area contributed by atoms with Crippen LogP contribution in [0.3, 0.4) is 0 Å². The lowest BCUT2D eigenvalue weighted by molar-refractivity contribution is -0.161. The summed E-state index contributed by atoms with van der Waals surface area (Å²) in [5.74, 6) is -1.43. The summed E-state index contributed by atoms with van der Waals surface area (Å²) in [5.41, 5.74) is 0. The number of carbonyl (C=O) groups is 3. The van der Waals surface area contributed by atoms with Gasteiger partial charge >= 0.3 is 25.7 Å². The second-order valence-electron chi connectivity index (χ2n) is 23.0. The number of allylic oxidation sites excluding steroid dienone is 2. The second-order valence-corrected chi connectivity index (χ2v) is 24.5. The van der Waals surface area contributed by atoms with Crippen LogP contribution in [0.25, 0.3) is 0 Å². The average Bonchev–Trinajstić information content (AvgIpc) is 3.43. The molecule has 0 aromatic rings. The maximum absolute atomic E-state index is 13.0. The van der Waals surface area contributed by atoms with Gasteiger partial charge in [-0.15, -0.1) is 0 Å². The van der Waals surface area contributed by atoms with Gasteiger partial charge in [0.15, 0.2) is 6.10 Å². The Morgan fingerprint density at radius 1 is 0.346 bits per heavy atom. The number of rotatable bonds is 64. The Hall–Kier alpha value is -1.78. The Bertz CT molecular complexity index is 1360.